The third kappa shape index (κ3) is 2.23. The molecule has 0 amide bonds. The maximum absolute atomic E-state index is 12.7. The Bertz CT molecular complexity index is 330. The van der Waals surface area contributed by atoms with E-state index in [9.17, 15) is 17.6 Å². The van der Waals surface area contributed by atoms with Gasteiger partial charge in [-0.05, 0) is 24.6 Å². The summed E-state index contributed by atoms with van der Waals surface area (Å²) in [6.07, 6.45) is -5.77. The Hall–Kier alpha value is -1.10. The summed E-state index contributed by atoms with van der Waals surface area (Å²) in [6.45, 7) is 1.31. The van der Waals surface area contributed by atoms with Crippen molar-refractivity contribution in [1.82, 2.24) is 0 Å². The average Bonchev–Trinajstić information content (AvgIpc) is 2.02. The van der Waals surface area contributed by atoms with E-state index in [1.807, 2.05) is 0 Å². The molecule has 1 nitrogen and oxygen atoms in total. The second-order valence-electron chi connectivity index (χ2n) is 2.91. The highest BCUT2D eigenvalue weighted by Gasteiger charge is 2.34. The molecule has 1 rings (SSSR count). The van der Waals surface area contributed by atoms with Crippen LogP contribution in [0.1, 0.15) is 24.2 Å². The number of benzene rings is 1. The molecule has 5 heteroatoms. The number of aliphatic hydroxyl groups is 1. The molecule has 78 valence electrons. The Morgan fingerprint density at radius 1 is 1.29 bits per heavy atom. The number of aliphatic hydroxyl groups excluding tert-OH is 1. The van der Waals surface area contributed by atoms with Crippen molar-refractivity contribution >= 4 is 0 Å². The van der Waals surface area contributed by atoms with E-state index in [1.54, 1.807) is 0 Å². The van der Waals surface area contributed by atoms with Crippen LogP contribution in [0.15, 0.2) is 18.2 Å². The molecule has 0 aromatic heterocycles. The van der Waals surface area contributed by atoms with Gasteiger partial charge in [0, 0.05) is 0 Å². The molecule has 0 aliphatic rings. The first-order valence-electron chi connectivity index (χ1n) is 3.87. The summed E-state index contributed by atoms with van der Waals surface area (Å²) in [5.74, 6) is -1.33. The van der Waals surface area contributed by atoms with E-state index >= 15 is 0 Å². The van der Waals surface area contributed by atoms with Gasteiger partial charge >= 0.3 is 6.18 Å². The predicted octanol–water partition coefficient (Wildman–Crippen LogP) is 2.90. The Morgan fingerprint density at radius 3 is 2.29 bits per heavy atom. The zero-order chi connectivity index (χ0) is 10.9. The first kappa shape index (κ1) is 11.0. The van der Waals surface area contributed by atoms with Crippen LogP contribution < -0.4 is 0 Å². The van der Waals surface area contributed by atoms with Crippen LogP contribution in [-0.4, -0.2) is 5.11 Å². The molecule has 0 saturated carbocycles. The lowest BCUT2D eigenvalue weighted by atomic mass is 10.1. The Labute approximate surface area is 78.0 Å². The third-order valence-corrected chi connectivity index (χ3v) is 1.78. The molecule has 1 atom stereocenters. The Balaban J connectivity index is 3.22. The summed E-state index contributed by atoms with van der Waals surface area (Å²) in [4.78, 5) is 0. The number of hydrogen-bond acceptors (Lipinski definition) is 1. The predicted molar refractivity (Wildman–Crippen MR) is 42.0 cm³/mol. The van der Waals surface area contributed by atoms with Gasteiger partial charge < -0.3 is 5.11 Å². The lowest BCUT2D eigenvalue weighted by Crippen LogP contribution is -2.09. The Morgan fingerprint density at radius 2 is 1.86 bits per heavy atom. The highest BCUT2D eigenvalue weighted by Crippen LogP contribution is 2.32. The molecule has 1 N–H and O–H groups in total. The van der Waals surface area contributed by atoms with Gasteiger partial charge in [-0.3, -0.25) is 0 Å². The standard InChI is InChI=1S/C9H8F4O/c1-5(14)6-2-3-8(10)7(4-6)9(11,12)13/h2-5,14H,1H3. The van der Waals surface area contributed by atoms with E-state index in [0.717, 1.165) is 6.07 Å². The number of hydrogen-bond donors (Lipinski definition) is 1. The molecule has 0 saturated heterocycles. The van der Waals surface area contributed by atoms with Crippen LogP contribution in [-0.2, 0) is 6.18 Å². The van der Waals surface area contributed by atoms with Gasteiger partial charge in [-0.1, -0.05) is 6.07 Å². The molecular formula is C9H8F4O. The molecule has 0 fully saturated rings. The van der Waals surface area contributed by atoms with Gasteiger partial charge in [-0.15, -0.1) is 0 Å². The minimum absolute atomic E-state index is 0.0405. The molecule has 14 heavy (non-hydrogen) atoms. The van der Waals surface area contributed by atoms with Gasteiger partial charge in [0.05, 0.1) is 11.7 Å². The normalized spacial score (nSPS) is 14.1. The van der Waals surface area contributed by atoms with E-state index < -0.39 is 23.7 Å². The molecule has 0 aliphatic carbocycles. The molecule has 0 spiro atoms. The van der Waals surface area contributed by atoms with Gasteiger partial charge in [-0.2, -0.15) is 13.2 Å². The van der Waals surface area contributed by atoms with E-state index in [0.29, 0.717) is 12.1 Å². The fraction of sp³-hybridized carbons (Fsp3) is 0.333. The minimum Gasteiger partial charge on any atom is -0.389 e. The van der Waals surface area contributed by atoms with Gasteiger partial charge in [0.25, 0.3) is 0 Å². The monoisotopic (exact) mass is 208 g/mol. The average molecular weight is 208 g/mol. The van der Waals surface area contributed by atoms with Crippen molar-refractivity contribution in [2.75, 3.05) is 0 Å². The SMILES string of the molecule is CC(O)c1ccc(F)c(C(F)(F)F)c1. The summed E-state index contributed by atoms with van der Waals surface area (Å²) >= 11 is 0. The van der Waals surface area contributed by atoms with Crippen LogP contribution in [0.5, 0.6) is 0 Å². The van der Waals surface area contributed by atoms with E-state index in [1.165, 1.54) is 6.92 Å². The second kappa shape index (κ2) is 3.57. The Kier molecular flexibility index (Phi) is 2.80. The molecule has 0 heterocycles. The van der Waals surface area contributed by atoms with Crippen molar-refractivity contribution in [3.05, 3.63) is 35.1 Å². The lowest BCUT2D eigenvalue weighted by Gasteiger charge is -2.11. The maximum atomic E-state index is 12.7. The van der Waals surface area contributed by atoms with Crippen LogP contribution in [0.3, 0.4) is 0 Å². The van der Waals surface area contributed by atoms with Crippen molar-refractivity contribution in [3.63, 3.8) is 0 Å². The fourth-order valence-corrected chi connectivity index (χ4v) is 1.02. The second-order valence-corrected chi connectivity index (χ2v) is 2.91. The van der Waals surface area contributed by atoms with Gasteiger partial charge in [0.1, 0.15) is 5.82 Å². The first-order valence-corrected chi connectivity index (χ1v) is 3.87. The summed E-state index contributed by atoms with van der Waals surface area (Å²) in [6, 6.07) is 2.43. The smallest absolute Gasteiger partial charge is 0.389 e. The topological polar surface area (TPSA) is 20.2 Å². The lowest BCUT2D eigenvalue weighted by molar-refractivity contribution is -0.140. The van der Waals surface area contributed by atoms with Crippen LogP contribution in [0.25, 0.3) is 0 Å². The number of alkyl halides is 3. The molecule has 0 bridgehead atoms. The third-order valence-electron chi connectivity index (χ3n) is 1.78. The van der Waals surface area contributed by atoms with Crippen molar-refractivity contribution in [2.24, 2.45) is 0 Å². The van der Waals surface area contributed by atoms with E-state index in [2.05, 4.69) is 0 Å². The molecule has 1 unspecified atom stereocenters. The van der Waals surface area contributed by atoms with Crippen molar-refractivity contribution in [3.8, 4) is 0 Å². The van der Waals surface area contributed by atoms with Gasteiger partial charge in [0.15, 0.2) is 0 Å². The van der Waals surface area contributed by atoms with Gasteiger partial charge in [-0.25, -0.2) is 4.39 Å². The number of rotatable bonds is 1. The van der Waals surface area contributed by atoms with Crippen molar-refractivity contribution in [1.29, 1.82) is 0 Å². The summed E-state index contributed by atoms with van der Waals surface area (Å²) in [5, 5.41) is 9.01. The molecule has 0 radical (unpaired) electrons. The fourth-order valence-electron chi connectivity index (χ4n) is 1.02. The molecule has 1 aromatic carbocycles. The summed E-state index contributed by atoms with van der Waals surface area (Å²) in [7, 11) is 0. The van der Waals surface area contributed by atoms with E-state index in [4.69, 9.17) is 5.11 Å². The minimum atomic E-state index is -4.73. The van der Waals surface area contributed by atoms with Crippen LogP contribution in [0, 0.1) is 5.82 Å². The first-order chi connectivity index (χ1) is 6.32. The van der Waals surface area contributed by atoms with Crippen LogP contribution in [0.2, 0.25) is 0 Å². The van der Waals surface area contributed by atoms with Crippen molar-refractivity contribution < 1.29 is 22.7 Å². The van der Waals surface area contributed by atoms with Gasteiger partial charge in [0.2, 0.25) is 0 Å². The van der Waals surface area contributed by atoms with E-state index in [-0.39, 0.29) is 5.56 Å². The molecular weight excluding hydrogens is 200 g/mol. The highest BCUT2D eigenvalue weighted by atomic mass is 19.4. The maximum Gasteiger partial charge on any atom is 0.419 e. The highest BCUT2D eigenvalue weighted by molar-refractivity contribution is 5.28. The summed E-state index contributed by atoms with van der Waals surface area (Å²) < 4.78 is 49.2. The number of halogens is 4. The molecule has 1 aromatic rings. The quantitative estimate of drug-likeness (QED) is 0.703. The molecule has 0 aliphatic heterocycles. The van der Waals surface area contributed by atoms with Crippen molar-refractivity contribution in [2.45, 2.75) is 19.2 Å². The van der Waals surface area contributed by atoms with Crippen LogP contribution >= 0.6 is 0 Å². The largest absolute Gasteiger partial charge is 0.419 e. The summed E-state index contributed by atoms with van der Waals surface area (Å²) in [5.41, 5.74) is -1.31. The van der Waals surface area contributed by atoms with Crippen LogP contribution in [0.4, 0.5) is 17.6 Å². The zero-order valence-electron chi connectivity index (χ0n) is 7.27. The zero-order valence-corrected chi connectivity index (χ0v) is 7.27.